The molecule has 3 N–H and O–H groups in total. The number of phosphoric acid groups is 1. The largest absolute Gasteiger partial charge is 0.472 e. The Morgan fingerprint density at radius 1 is 0.493 bits per heavy atom. The van der Waals surface area contributed by atoms with Crippen LogP contribution in [-0.2, 0) is 18.4 Å². The molecule has 0 aromatic rings. The zero-order valence-electron chi connectivity index (χ0n) is 44.9. The SMILES string of the molecule is CCCCCC/C=C/CC/C=C/CC/C=C/C(O)C(COP(=O)(O)OCC[N+](C)(C)C)NC(=O)CCCCCCCCCCCCCCCCC/C=C\CCCCCCCCCCCCCC. The summed E-state index contributed by atoms with van der Waals surface area (Å²) in [6.45, 7) is 4.78. The molecule has 0 rings (SSSR count). The third-order valence-corrected chi connectivity index (χ3v) is 13.7. The molecule has 0 heterocycles. The first-order valence-electron chi connectivity index (χ1n) is 28.5. The van der Waals surface area contributed by atoms with E-state index in [-0.39, 0.29) is 19.1 Å². The monoisotopic (exact) mass is 964 g/mol. The average molecular weight is 965 g/mol. The molecule has 0 saturated heterocycles. The number of hydrogen-bond donors (Lipinski definition) is 3. The van der Waals surface area contributed by atoms with Crippen molar-refractivity contribution in [1.82, 2.24) is 5.32 Å². The molecule has 0 aromatic carbocycles. The number of amides is 1. The molecule has 0 saturated carbocycles. The summed E-state index contributed by atoms with van der Waals surface area (Å²) in [5.41, 5.74) is 0. The minimum Gasteiger partial charge on any atom is -0.387 e. The number of quaternary nitrogens is 1. The summed E-state index contributed by atoms with van der Waals surface area (Å²) < 4.78 is 23.6. The lowest BCUT2D eigenvalue weighted by Gasteiger charge is -2.25. The van der Waals surface area contributed by atoms with Gasteiger partial charge in [-0.15, -0.1) is 0 Å². The van der Waals surface area contributed by atoms with Crippen molar-refractivity contribution in [2.75, 3.05) is 40.9 Å². The molecule has 394 valence electrons. The molecular formula is C58H112N2O6P+. The molecule has 8 nitrogen and oxygen atoms in total. The van der Waals surface area contributed by atoms with E-state index < -0.39 is 20.0 Å². The van der Waals surface area contributed by atoms with Gasteiger partial charge in [-0.1, -0.05) is 236 Å². The highest BCUT2D eigenvalue weighted by Crippen LogP contribution is 2.43. The Morgan fingerprint density at radius 2 is 0.821 bits per heavy atom. The molecule has 0 fully saturated rings. The Labute approximate surface area is 416 Å². The molecule has 3 unspecified atom stereocenters. The lowest BCUT2D eigenvalue weighted by Crippen LogP contribution is -2.45. The second kappa shape index (κ2) is 49.4. The van der Waals surface area contributed by atoms with Crippen LogP contribution < -0.4 is 5.32 Å². The van der Waals surface area contributed by atoms with Gasteiger partial charge in [0.1, 0.15) is 13.2 Å². The Balaban J connectivity index is 4.09. The van der Waals surface area contributed by atoms with Crippen LogP contribution in [-0.4, -0.2) is 73.4 Å². The van der Waals surface area contributed by atoms with Gasteiger partial charge in [0.2, 0.25) is 5.91 Å². The molecule has 67 heavy (non-hydrogen) atoms. The Morgan fingerprint density at radius 3 is 1.21 bits per heavy atom. The van der Waals surface area contributed by atoms with Crippen LogP contribution in [0.5, 0.6) is 0 Å². The van der Waals surface area contributed by atoms with Gasteiger partial charge in [0.05, 0.1) is 39.9 Å². The molecule has 0 bridgehead atoms. The number of nitrogens with one attached hydrogen (secondary N) is 1. The van der Waals surface area contributed by atoms with Crippen LogP contribution in [0.2, 0.25) is 0 Å². The van der Waals surface area contributed by atoms with Crippen molar-refractivity contribution in [3.05, 3.63) is 48.6 Å². The fraction of sp³-hybridized carbons (Fsp3) is 0.845. The van der Waals surface area contributed by atoms with Crippen LogP contribution in [0, 0.1) is 0 Å². The minimum atomic E-state index is -4.35. The Bertz CT molecular complexity index is 1230. The smallest absolute Gasteiger partial charge is 0.387 e. The summed E-state index contributed by atoms with van der Waals surface area (Å²) in [6.07, 6.45) is 65.2. The predicted octanol–water partition coefficient (Wildman–Crippen LogP) is 17.2. The number of allylic oxidation sites excluding steroid dienone is 7. The number of aliphatic hydroxyl groups is 1. The van der Waals surface area contributed by atoms with Crippen molar-refractivity contribution in [2.45, 2.75) is 276 Å². The molecule has 3 atom stereocenters. The van der Waals surface area contributed by atoms with Crippen LogP contribution in [0.4, 0.5) is 0 Å². The maximum Gasteiger partial charge on any atom is 0.472 e. The van der Waals surface area contributed by atoms with Gasteiger partial charge in [0.15, 0.2) is 0 Å². The number of nitrogens with zero attached hydrogens (tertiary/aromatic N) is 1. The third-order valence-electron chi connectivity index (χ3n) is 12.7. The number of unbranched alkanes of at least 4 members (excludes halogenated alkanes) is 33. The summed E-state index contributed by atoms with van der Waals surface area (Å²) in [7, 11) is 1.55. The molecule has 0 aliphatic carbocycles. The number of aliphatic hydroxyl groups excluding tert-OH is 1. The highest BCUT2D eigenvalue weighted by Gasteiger charge is 2.27. The zero-order chi connectivity index (χ0) is 49.2. The van der Waals surface area contributed by atoms with Crippen LogP contribution in [0.15, 0.2) is 48.6 Å². The summed E-state index contributed by atoms with van der Waals surface area (Å²) in [6, 6.07) is -0.869. The molecule has 9 heteroatoms. The summed E-state index contributed by atoms with van der Waals surface area (Å²) in [5.74, 6) is -0.190. The van der Waals surface area contributed by atoms with E-state index in [0.717, 1.165) is 44.9 Å². The number of phosphoric ester groups is 1. The van der Waals surface area contributed by atoms with E-state index in [1.807, 2.05) is 27.2 Å². The summed E-state index contributed by atoms with van der Waals surface area (Å²) in [5, 5.41) is 13.9. The molecule has 1 amide bonds. The number of likely N-dealkylation sites (N-methyl/N-ethyl adjacent to an activating group) is 1. The maximum atomic E-state index is 12.9. The number of rotatable bonds is 52. The highest BCUT2D eigenvalue weighted by molar-refractivity contribution is 7.47. The molecule has 0 aliphatic rings. The van der Waals surface area contributed by atoms with Crippen molar-refractivity contribution >= 4 is 13.7 Å². The van der Waals surface area contributed by atoms with Gasteiger partial charge in [-0.2, -0.15) is 0 Å². The van der Waals surface area contributed by atoms with E-state index in [0.29, 0.717) is 17.4 Å². The molecule has 0 spiro atoms. The van der Waals surface area contributed by atoms with Crippen LogP contribution in [0.25, 0.3) is 0 Å². The normalized spacial score (nSPS) is 14.3. The van der Waals surface area contributed by atoms with Crippen molar-refractivity contribution in [2.24, 2.45) is 0 Å². The van der Waals surface area contributed by atoms with Crippen LogP contribution in [0.1, 0.15) is 264 Å². The average Bonchev–Trinajstić information content (AvgIpc) is 3.29. The van der Waals surface area contributed by atoms with E-state index in [2.05, 4.69) is 55.6 Å². The van der Waals surface area contributed by atoms with Crippen LogP contribution in [0.3, 0.4) is 0 Å². The molecule has 0 aliphatic heterocycles. The first kappa shape index (κ1) is 65.5. The maximum absolute atomic E-state index is 12.9. The summed E-state index contributed by atoms with van der Waals surface area (Å²) in [4.78, 5) is 23.2. The van der Waals surface area contributed by atoms with E-state index >= 15 is 0 Å². The lowest BCUT2D eigenvalue weighted by molar-refractivity contribution is -0.870. The van der Waals surface area contributed by atoms with Crippen molar-refractivity contribution in [3.8, 4) is 0 Å². The topological polar surface area (TPSA) is 105 Å². The van der Waals surface area contributed by atoms with E-state index in [4.69, 9.17) is 9.05 Å². The quantitative estimate of drug-likeness (QED) is 0.0243. The zero-order valence-corrected chi connectivity index (χ0v) is 45.8. The lowest BCUT2D eigenvalue weighted by atomic mass is 10.0. The fourth-order valence-electron chi connectivity index (χ4n) is 8.25. The van der Waals surface area contributed by atoms with Gasteiger partial charge in [0, 0.05) is 6.42 Å². The number of carbonyl (C=O) groups excluding carboxylic acids is 1. The van der Waals surface area contributed by atoms with Gasteiger partial charge >= 0.3 is 7.82 Å². The standard InChI is InChI=1S/C58H111N2O6P/c1-6-8-10-12-14-16-18-20-22-23-24-25-26-27-28-29-30-31-32-33-34-35-36-37-38-40-42-44-46-48-50-52-58(62)59-56(55-66-67(63,64)65-54-53-60(3,4)5)57(61)51-49-47-45-43-41-39-21-19-17-15-13-11-9-7-2/h17,19,27-28,41,43,49,51,56-57,61H,6-16,18,20-26,29-40,42,44-48,50,52-55H2,1-5H3,(H-,59,62,63,64)/p+1/b19-17+,28-27-,43-41+,51-49+. The van der Waals surface area contributed by atoms with E-state index in [1.54, 1.807) is 6.08 Å². The summed E-state index contributed by atoms with van der Waals surface area (Å²) >= 11 is 0. The number of carbonyl (C=O) groups is 1. The molecule has 0 radical (unpaired) electrons. The van der Waals surface area contributed by atoms with E-state index in [9.17, 15) is 19.4 Å². The van der Waals surface area contributed by atoms with Gasteiger partial charge in [-0.25, -0.2) is 4.57 Å². The Kier molecular flexibility index (Phi) is 48.3. The van der Waals surface area contributed by atoms with Crippen molar-refractivity contribution in [1.29, 1.82) is 0 Å². The Hall–Kier alpha value is -1.54. The first-order chi connectivity index (χ1) is 32.5. The van der Waals surface area contributed by atoms with Crippen molar-refractivity contribution in [3.63, 3.8) is 0 Å². The predicted molar refractivity (Wildman–Crippen MR) is 291 cm³/mol. The van der Waals surface area contributed by atoms with Gasteiger partial charge in [0.25, 0.3) is 0 Å². The molecule has 0 aromatic heterocycles. The second-order valence-corrected chi connectivity index (χ2v) is 22.1. The fourth-order valence-corrected chi connectivity index (χ4v) is 8.98. The van der Waals surface area contributed by atoms with E-state index in [1.165, 1.54) is 199 Å². The van der Waals surface area contributed by atoms with Gasteiger partial charge < -0.3 is 19.8 Å². The van der Waals surface area contributed by atoms with Gasteiger partial charge in [-0.05, 0) is 70.6 Å². The van der Waals surface area contributed by atoms with Crippen LogP contribution >= 0.6 is 7.82 Å². The second-order valence-electron chi connectivity index (χ2n) is 20.6. The first-order valence-corrected chi connectivity index (χ1v) is 30.0. The highest BCUT2D eigenvalue weighted by atomic mass is 31.2. The molecular weight excluding hydrogens is 852 g/mol. The van der Waals surface area contributed by atoms with Gasteiger partial charge in [-0.3, -0.25) is 13.8 Å². The third kappa shape index (κ3) is 52.1. The minimum absolute atomic E-state index is 0.0534. The number of hydrogen-bond acceptors (Lipinski definition) is 5. The van der Waals surface area contributed by atoms with Crippen molar-refractivity contribution < 1.29 is 32.9 Å².